The van der Waals surface area contributed by atoms with Crippen LogP contribution >= 0.6 is 34.5 Å². The van der Waals surface area contributed by atoms with E-state index >= 15 is 0 Å². The molecule has 8 heteroatoms. The van der Waals surface area contributed by atoms with Gasteiger partial charge < -0.3 is 4.74 Å². The number of hydrogen-bond donors (Lipinski definition) is 0. The minimum Gasteiger partial charge on any atom is -0.485 e. The van der Waals surface area contributed by atoms with Crippen LogP contribution in [0.3, 0.4) is 0 Å². The molecule has 4 rings (SSSR count). The Balaban J connectivity index is 1.60. The summed E-state index contributed by atoms with van der Waals surface area (Å²) in [6.07, 6.45) is 0. The Labute approximate surface area is 151 Å². The van der Waals surface area contributed by atoms with Crippen molar-refractivity contribution in [3.05, 3.63) is 63.6 Å². The maximum Gasteiger partial charge on any atom is 0.235 e. The van der Waals surface area contributed by atoms with Crippen LogP contribution < -0.4 is 4.74 Å². The average molecular weight is 377 g/mol. The van der Waals surface area contributed by atoms with Gasteiger partial charge in [0.05, 0.1) is 5.02 Å². The van der Waals surface area contributed by atoms with Crippen LogP contribution in [0.5, 0.6) is 5.75 Å². The second-order valence-electron chi connectivity index (χ2n) is 4.94. The molecule has 0 aliphatic heterocycles. The summed E-state index contributed by atoms with van der Waals surface area (Å²) in [6.45, 7) is 0.280. The zero-order chi connectivity index (χ0) is 16.5. The van der Waals surface area contributed by atoms with Crippen molar-refractivity contribution in [3.8, 4) is 17.1 Å². The Morgan fingerprint density at radius 2 is 1.88 bits per heavy atom. The van der Waals surface area contributed by atoms with Gasteiger partial charge in [0.25, 0.3) is 0 Å². The van der Waals surface area contributed by atoms with E-state index in [1.54, 1.807) is 22.7 Å². The van der Waals surface area contributed by atoms with Crippen LogP contribution in [0.2, 0.25) is 10.0 Å². The highest BCUT2D eigenvalue weighted by atomic mass is 35.5. The SMILES string of the molecule is Clc1ccc(Cl)c(OCc2nn3c(-c4ccccc4)nnc3s2)c1. The van der Waals surface area contributed by atoms with E-state index in [1.165, 1.54) is 11.3 Å². The predicted molar refractivity (Wildman–Crippen MR) is 94.9 cm³/mol. The standard InChI is InChI=1S/C16H10Cl2N4OS/c17-11-6-7-12(18)13(8-11)23-9-14-21-22-15(19-20-16(22)24-14)10-4-2-1-3-5-10/h1-8H,9H2. The molecule has 0 amide bonds. The van der Waals surface area contributed by atoms with Crippen molar-refractivity contribution < 1.29 is 4.74 Å². The molecule has 24 heavy (non-hydrogen) atoms. The lowest BCUT2D eigenvalue weighted by Gasteiger charge is -2.06. The Morgan fingerprint density at radius 3 is 2.71 bits per heavy atom. The molecule has 0 fully saturated rings. The third-order valence-electron chi connectivity index (χ3n) is 3.31. The van der Waals surface area contributed by atoms with Crippen LogP contribution in [-0.2, 0) is 6.61 Å². The number of halogens is 2. The largest absolute Gasteiger partial charge is 0.485 e. The summed E-state index contributed by atoms with van der Waals surface area (Å²) >= 11 is 13.5. The van der Waals surface area contributed by atoms with Crippen LogP contribution in [0, 0.1) is 0 Å². The van der Waals surface area contributed by atoms with Crippen molar-refractivity contribution in [1.29, 1.82) is 0 Å². The second-order valence-corrected chi connectivity index (χ2v) is 6.83. The summed E-state index contributed by atoms with van der Waals surface area (Å²) in [5, 5.41) is 14.7. The zero-order valence-corrected chi connectivity index (χ0v) is 14.5. The van der Waals surface area contributed by atoms with Crippen LogP contribution in [0.4, 0.5) is 0 Å². The first-order valence-electron chi connectivity index (χ1n) is 7.05. The van der Waals surface area contributed by atoms with Crippen LogP contribution in [0.15, 0.2) is 48.5 Å². The van der Waals surface area contributed by atoms with Crippen molar-refractivity contribution >= 4 is 39.5 Å². The molecular formula is C16H10Cl2N4OS. The highest BCUT2D eigenvalue weighted by molar-refractivity contribution is 7.16. The molecule has 0 spiro atoms. The molecule has 0 atom stereocenters. The third kappa shape index (κ3) is 2.96. The van der Waals surface area contributed by atoms with Gasteiger partial charge in [-0.05, 0) is 12.1 Å². The van der Waals surface area contributed by atoms with Crippen molar-refractivity contribution in [2.45, 2.75) is 6.61 Å². The minimum absolute atomic E-state index is 0.280. The topological polar surface area (TPSA) is 52.3 Å². The summed E-state index contributed by atoms with van der Waals surface area (Å²) in [6, 6.07) is 14.9. The van der Waals surface area contributed by atoms with Crippen molar-refractivity contribution in [1.82, 2.24) is 19.8 Å². The molecule has 0 bridgehead atoms. The number of fused-ring (bicyclic) bond motifs is 1. The van der Waals surface area contributed by atoms with Gasteiger partial charge in [0.15, 0.2) is 10.8 Å². The molecular weight excluding hydrogens is 367 g/mol. The number of hydrogen-bond acceptors (Lipinski definition) is 5. The van der Waals surface area contributed by atoms with Gasteiger partial charge in [0, 0.05) is 16.7 Å². The van der Waals surface area contributed by atoms with E-state index in [4.69, 9.17) is 27.9 Å². The van der Waals surface area contributed by atoms with Crippen molar-refractivity contribution in [3.63, 3.8) is 0 Å². The molecule has 2 aromatic carbocycles. The molecule has 2 aromatic heterocycles. The molecule has 0 unspecified atom stereocenters. The number of ether oxygens (including phenoxy) is 1. The summed E-state index contributed by atoms with van der Waals surface area (Å²) < 4.78 is 7.44. The summed E-state index contributed by atoms with van der Waals surface area (Å²) in [4.78, 5) is 0.713. The van der Waals surface area contributed by atoms with E-state index in [0.717, 1.165) is 10.6 Å². The lowest BCUT2D eigenvalue weighted by atomic mass is 10.2. The number of nitrogens with zero attached hydrogens (tertiary/aromatic N) is 4. The van der Waals surface area contributed by atoms with Gasteiger partial charge in [-0.25, -0.2) is 0 Å². The van der Waals surface area contributed by atoms with Gasteiger partial charge in [-0.2, -0.15) is 9.61 Å². The average Bonchev–Trinajstić information content (AvgIpc) is 3.16. The third-order valence-corrected chi connectivity index (χ3v) is 4.73. The van der Waals surface area contributed by atoms with E-state index in [9.17, 15) is 0 Å². The highest BCUT2D eigenvalue weighted by Crippen LogP contribution is 2.29. The van der Waals surface area contributed by atoms with Crippen LogP contribution in [0.1, 0.15) is 5.01 Å². The summed E-state index contributed by atoms with van der Waals surface area (Å²) in [7, 11) is 0. The Hall–Kier alpha value is -2.15. The highest BCUT2D eigenvalue weighted by Gasteiger charge is 2.14. The smallest absolute Gasteiger partial charge is 0.235 e. The van der Waals surface area contributed by atoms with Gasteiger partial charge in [0.2, 0.25) is 4.96 Å². The predicted octanol–water partition coefficient (Wildman–Crippen LogP) is 4.74. The lowest BCUT2D eigenvalue weighted by Crippen LogP contribution is -1.98. The molecule has 0 aliphatic carbocycles. The fourth-order valence-corrected chi connectivity index (χ4v) is 3.29. The zero-order valence-electron chi connectivity index (χ0n) is 12.2. The number of aromatic nitrogens is 4. The molecule has 0 N–H and O–H groups in total. The molecule has 0 saturated carbocycles. The van der Waals surface area contributed by atoms with Crippen LogP contribution in [0.25, 0.3) is 16.3 Å². The molecule has 4 aromatic rings. The second kappa shape index (κ2) is 6.39. The Morgan fingerprint density at radius 1 is 1.04 bits per heavy atom. The first-order chi connectivity index (χ1) is 11.7. The molecule has 5 nitrogen and oxygen atoms in total. The van der Waals surface area contributed by atoms with Crippen molar-refractivity contribution in [2.24, 2.45) is 0 Å². The first kappa shape index (κ1) is 15.4. The lowest BCUT2D eigenvalue weighted by molar-refractivity contribution is 0.304. The quantitative estimate of drug-likeness (QED) is 0.516. The van der Waals surface area contributed by atoms with Gasteiger partial charge in [-0.15, -0.1) is 10.2 Å². The van der Waals surface area contributed by atoms with Gasteiger partial charge >= 0.3 is 0 Å². The molecule has 0 saturated heterocycles. The first-order valence-corrected chi connectivity index (χ1v) is 8.62. The van der Waals surface area contributed by atoms with Crippen molar-refractivity contribution in [2.75, 3.05) is 0 Å². The van der Waals surface area contributed by atoms with E-state index in [-0.39, 0.29) is 6.61 Å². The van der Waals surface area contributed by atoms with Gasteiger partial charge in [-0.3, -0.25) is 0 Å². The normalized spacial score (nSPS) is 11.1. The van der Waals surface area contributed by atoms with E-state index in [2.05, 4.69) is 15.3 Å². The minimum atomic E-state index is 0.280. The molecule has 0 aliphatic rings. The Bertz CT molecular complexity index is 1000. The maximum atomic E-state index is 6.10. The van der Waals surface area contributed by atoms with E-state index in [0.29, 0.717) is 26.6 Å². The monoisotopic (exact) mass is 376 g/mol. The van der Waals surface area contributed by atoms with E-state index < -0.39 is 0 Å². The number of benzene rings is 2. The fourth-order valence-electron chi connectivity index (χ4n) is 2.21. The molecule has 0 radical (unpaired) electrons. The summed E-state index contributed by atoms with van der Waals surface area (Å²) in [5.74, 6) is 1.23. The summed E-state index contributed by atoms with van der Waals surface area (Å²) in [5.41, 5.74) is 0.959. The van der Waals surface area contributed by atoms with E-state index in [1.807, 2.05) is 30.3 Å². The van der Waals surface area contributed by atoms with Gasteiger partial charge in [0.1, 0.15) is 12.4 Å². The molecule has 2 heterocycles. The van der Waals surface area contributed by atoms with Crippen LogP contribution in [-0.4, -0.2) is 19.8 Å². The Kier molecular flexibility index (Phi) is 4.10. The maximum absolute atomic E-state index is 6.10. The fraction of sp³-hybridized carbons (Fsp3) is 0.0625. The molecule has 120 valence electrons. The van der Waals surface area contributed by atoms with Gasteiger partial charge in [-0.1, -0.05) is 64.9 Å². The number of rotatable bonds is 4.